The average Bonchev–Trinajstić information content (AvgIpc) is 3.13. The van der Waals surface area contributed by atoms with Crippen molar-refractivity contribution in [3.63, 3.8) is 0 Å². The lowest BCUT2D eigenvalue weighted by atomic mass is 9.99. The van der Waals surface area contributed by atoms with Crippen LogP contribution in [0.2, 0.25) is 0 Å². The second-order valence-electron chi connectivity index (χ2n) is 13.0. The highest BCUT2D eigenvalue weighted by Crippen LogP contribution is 2.22. The molecule has 6 atom stereocenters. The molecule has 51 heavy (non-hydrogen) atoms. The van der Waals surface area contributed by atoms with E-state index in [0.717, 1.165) is 44.9 Å². The van der Waals surface area contributed by atoms with Crippen LogP contribution in [0, 0.1) is 0 Å². The summed E-state index contributed by atoms with van der Waals surface area (Å²) in [6, 6.07) is 0. The molecule has 0 aromatic carbocycles. The molecule has 0 radical (unpaired) electrons. The van der Waals surface area contributed by atoms with Gasteiger partial charge in [-0.15, -0.1) is 0 Å². The molecule has 1 fully saturated rings. The Morgan fingerprint density at radius 3 is 1.67 bits per heavy atom. The fraction of sp³-hybridized carbons (Fsp3) is 0.707. The van der Waals surface area contributed by atoms with Gasteiger partial charge >= 0.3 is 11.9 Å². The number of ether oxygens (including phenoxy) is 4. The van der Waals surface area contributed by atoms with Gasteiger partial charge in [0.25, 0.3) is 0 Å². The van der Waals surface area contributed by atoms with Gasteiger partial charge in [0.05, 0.1) is 19.6 Å². The topological polar surface area (TPSA) is 152 Å². The van der Waals surface area contributed by atoms with Gasteiger partial charge in [-0.3, -0.25) is 9.59 Å². The summed E-state index contributed by atoms with van der Waals surface area (Å²) >= 11 is 0. The Labute approximate surface area is 307 Å². The second-order valence-corrected chi connectivity index (χ2v) is 13.0. The van der Waals surface area contributed by atoms with Gasteiger partial charge in [0, 0.05) is 6.42 Å². The molecule has 1 rings (SSSR count). The van der Waals surface area contributed by atoms with Crippen molar-refractivity contribution in [2.45, 2.75) is 166 Å². The molecular weight excluding hydrogens is 652 g/mol. The van der Waals surface area contributed by atoms with Crippen molar-refractivity contribution in [2.75, 3.05) is 19.8 Å². The highest BCUT2D eigenvalue weighted by molar-refractivity contribution is 5.71. The Kier molecular flexibility index (Phi) is 29.2. The summed E-state index contributed by atoms with van der Waals surface area (Å²) in [4.78, 5) is 25.1. The molecule has 0 aliphatic carbocycles. The zero-order valence-electron chi connectivity index (χ0n) is 31.3. The average molecular weight is 721 g/mol. The van der Waals surface area contributed by atoms with Crippen LogP contribution >= 0.6 is 0 Å². The van der Waals surface area contributed by atoms with Gasteiger partial charge in [0.15, 0.2) is 12.4 Å². The van der Waals surface area contributed by atoms with Crippen molar-refractivity contribution in [2.24, 2.45) is 0 Å². The van der Waals surface area contributed by atoms with Gasteiger partial charge in [0.2, 0.25) is 0 Å². The van der Waals surface area contributed by atoms with Crippen molar-refractivity contribution >= 4 is 11.9 Å². The number of aliphatic hydroxyl groups excluding tert-OH is 4. The van der Waals surface area contributed by atoms with Crippen LogP contribution < -0.4 is 0 Å². The molecule has 1 aliphatic heterocycles. The molecule has 0 bridgehead atoms. The van der Waals surface area contributed by atoms with E-state index in [1.165, 1.54) is 44.9 Å². The Morgan fingerprint density at radius 1 is 0.627 bits per heavy atom. The highest BCUT2D eigenvalue weighted by atomic mass is 16.7. The van der Waals surface area contributed by atoms with Crippen LogP contribution in [0.15, 0.2) is 60.8 Å². The van der Waals surface area contributed by atoms with Crippen LogP contribution in [-0.2, 0) is 28.5 Å². The van der Waals surface area contributed by atoms with Crippen LogP contribution in [0.1, 0.15) is 129 Å². The van der Waals surface area contributed by atoms with Gasteiger partial charge in [-0.25, -0.2) is 0 Å². The zero-order chi connectivity index (χ0) is 37.4. The lowest BCUT2D eigenvalue weighted by molar-refractivity contribution is -0.305. The number of hydrogen-bond donors (Lipinski definition) is 4. The SMILES string of the molecule is CC/C=C\C/C=C\C/C=C\C/C=C\C/C=C\CC(=O)OC(COC(=O)CCCCCCCCCCCCC)COC1OC(CO)C(O)C(O)C1O. The molecule has 0 saturated carbocycles. The molecule has 10 heteroatoms. The van der Waals surface area contributed by atoms with E-state index in [0.29, 0.717) is 12.8 Å². The number of aliphatic hydroxyl groups is 4. The summed E-state index contributed by atoms with van der Waals surface area (Å²) in [5, 5.41) is 39.9. The highest BCUT2D eigenvalue weighted by Gasteiger charge is 2.44. The minimum absolute atomic E-state index is 0.00322. The monoisotopic (exact) mass is 720 g/mol. The summed E-state index contributed by atoms with van der Waals surface area (Å²) in [5.41, 5.74) is 0. The lowest BCUT2D eigenvalue weighted by Crippen LogP contribution is -2.59. The first-order valence-corrected chi connectivity index (χ1v) is 19.4. The van der Waals surface area contributed by atoms with E-state index >= 15 is 0 Å². The van der Waals surface area contributed by atoms with Gasteiger partial charge < -0.3 is 39.4 Å². The van der Waals surface area contributed by atoms with Gasteiger partial charge in [-0.1, -0.05) is 139 Å². The summed E-state index contributed by atoms with van der Waals surface area (Å²) in [5.74, 6) is -0.960. The van der Waals surface area contributed by atoms with Crippen molar-refractivity contribution in [3.8, 4) is 0 Å². The van der Waals surface area contributed by atoms with Crippen molar-refractivity contribution in [1.29, 1.82) is 0 Å². The van der Waals surface area contributed by atoms with E-state index in [4.69, 9.17) is 18.9 Å². The van der Waals surface area contributed by atoms with E-state index in [-0.39, 0.29) is 26.1 Å². The minimum Gasteiger partial charge on any atom is -0.462 e. The van der Waals surface area contributed by atoms with Gasteiger partial charge in [-0.05, 0) is 38.5 Å². The molecule has 0 amide bonds. The largest absolute Gasteiger partial charge is 0.462 e. The maximum Gasteiger partial charge on any atom is 0.310 e. The molecule has 0 aromatic heterocycles. The van der Waals surface area contributed by atoms with Crippen molar-refractivity contribution in [3.05, 3.63) is 60.8 Å². The number of carbonyl (C=O) groups is 2. The van der Waals surface area contributed by atoms with Crippen LogP contribution in [0.25, 0.3) is 0 Å². The minimum atomic E-state index is -1.61. The van der Waals surface area contributed by atoms with Crippen LogP contribution in [0.5, 0.6) is 0 Å². The third kappa shape index (κ3) is 24.3. The second kappa shape index (κ2) is 32.1. The molecule has 1 saturated heterocycles. The first-order chi connectivity index (χ1) is 24.8. The van der Waals surface area contributed by atoms with E-state index in [1.54, 1.807) is 6.08 Å². The van der Waals surface area contributed by atoms with Crippen molar-refractivity contribution < 1.29 is 49.0 Å². The molecule has 0 spiro atoms. The van der Waals surface area contributed by atoms with Crippen LogP contribution in [0.3, 0.4) is 0 Å². The summed E-state index contributed by atoms with van der Waals surface area (Å²) in [7, 11) is 0. The number of hydrogen-bond acceptors (Lipinski definition) is 10. The fourth-order valence-corrected chi connectivity index (χ4v) is 5.38. The maximum absolute atomic E-state index is 12.6. The van der Waals surface area contributed by atoms with Crippen LogP contribution in [-0.4, -0.2) is 89.0 Å². The Bertz CT molecular complexity index is 1020. The first-order valence-electron chi connectivity index (χ1n) is 19.4. The quantitative estimate of drug-likeness (QED) is 0.0344. The smallest absolute Gasteiger partial charge is 0.310 e. The van der Waals surface area contributed by atoms with E-state index in [9.17, 15) is 30.0 Å². The van der Waals surface area contributed by atoms with E-state index in [2.05, 4.69) is 56.4 Å². The molecule has 1 aliphatic rings. The number of allylic oxidation sites excluding steroid dienone is 9. The van der Waals surface area contributed by atoms with Crippen molar-refractivity contribution in [1.82, 2.24) is 0 Å². The lowest BCUT2D eigenvalue weighted by Gasteiger charge is -2.39. The van der Waals surface area contributed by atoms with Gasteiger partial charge in [0.1, 0.15) is 31.0 Å². The number of esters is 2. The normalized spacial score (nSPS) is 21.9. The summed E-state index contributed by atoms with van der Waals surface area (Å²) < 4.78 is 21.9. The molecule has 292 valence electrons. The molecule has 10 nitrogen and oxygen atoms in total. The third-order valence-corrected chi connectivity index (χ3v) is 8.45. The number of unbranched alkanes of at least 4 members (excludes halogenated alkanes) is 10. The zero-order valence-corrected chi connectivity index (χ0v) is 31.3. The van der Waals surface area contributed by atoms with E-state index in [1.807, 2.05) is 12.2 Å². The Balaban J connectivity index is 2.48. The molecule has 6 unspecified atom stereocenters. The van der Waals surface area contributed by atoms with E-state index < -0.39 is 55.4 Å². The number of carbonyl (C=O) groups excluding carboxylic acids is 2. The predicted octanol–water partition coefficient (Wildman–Crippen LogP) is 7.10. The predicted molar refractivity (Wildman–Crippen MR) is 201 cm³/mol. The summed E-state index contributed by atoms with van der Waals surface area (Å²) in [6.07, 6.45) is 29.8. The first kappa shape index (κ1) is 46.4. The Hall–Kier alpha value is -2.60. The molecule has 0 aromatic rings. The third-order valence-electron chi connectivity index (χ3n) is 8.45. The number of rotatable bonds is 30. The fourth-order valence-electron chi connectivity index (χ4n) is 5.38. The van der Waals surface area contributed by atoms with Crippen LogP contribution in [0.4, 0.5) is 0 Å². The van der Waals surface area contributed by atoms with Gasteiger partial charge in [-0.2, -0.15) is 0 Å². The maximum atomic E-state index is 12.6. The standard InChI is InChI=1S/C41H68O10/c1-3-5-7-9-11-13-15-16-17-18-20-22-24-26-28-30-37(44)50-34(33-49-41-40(47)39(46)38(45)35(31-42)51-41)32-48-36(43)29-27-25-23-21-19-14-12-10-8-6-4-2/h5,7,11,13,16-17,20,22,26,28,34-35,38-42,45-47H,3-4,6,8-10,12,14-15,18-19,21,23-25,27,29-33H2,1-2H3/b7-5-,13-11-,17-16-,22-20-,28-26-. The molecule has 1 heterocycles. The Morgan fingerprint density at radius 2 is 1.14 bits per heavy atom. The molecule has 4 N–H and O–H groups in total. The molecular formula is C41H68O10. The summed E-state index contributed by atoms with van der Waals surface area (Å²) in [6.45, 7) is 3.17.